The molecule has 0 amide bonds. The average molecular weight is 195 g/mol. The lowest BCUT2D eigenvalue weighted by Gasteiger charge is -2.08. The Morgan fingerprint density at radius 2 is 2.38 bits per heavy atom. The number of carbonyl (C=O) groups excluding carboxylic acids is 1. The topological polar surface area (TPSA) is 42.3 Å². The zero-order chi connectivity index (χ0) is 9.31. The van der Waals surface area contributed by atoms with Crippen LogP contribution in [-0.4, -0.2) is 11.1 Å². The van der Waals surface area contributed by atoms with Gasteiger partial charge in [0.05, 0.1) is 10.6 Å². The van der Waals surface area contributed by atoms with Crippen molar-refractivity contribution in [1.29, 1.82) is 0 Å². The first-order chi connectivity index (χ1) is 6.28. The number of aromatic nitrogens is 1. The highest BCUT2D eigenvalue weighted by molar-refractivity contribution is 6.31. The van der Waals surface area contributed by atoms with Crippen LogP contribution in [0.3, 0.4) is 0 Å². The molecule has 0 radical (unpaired) electrons. The monoisotopic (exact) mass is 194 g/mol. The number of isocyanates is 1. The lowest BCUT2D eigenvalue weighted by atomic mass is 10.1. The zero-order valence-corrected chi connectivity index (χ0v) is 7.58. The fourth-order valence-corrected chi connectivity index (χ4v) is 1.69. The predicted octanol–water partition coefficient (Wildman–Crippen LogP) is 2.06. The molecule has 1 saturated carbocycles. The highest BCUT2D eigenvalue weighted by Crippen LogP contribution is 2.51. The molecule has 1 aliphatic rings. The molecule has 1 aromatic rings. The largest absolute Gasteiger partial charge is 0.263 e. The van der Waals surface area contributed by atoms with Gasteiger partial charge in [0.1, 0.15) is 0 Å². The Kier molecular flexibility index (Phi) is 1.91. The minimum absolute atomic E-state index is 0.387. The van der Waals surface area contributed by atoms with Gasteiger partial charge >= 0.3 is 0 Å². The molecule has 1 aliphatic carbocycles. The van der Waals surface area contributed by atoms with E-state index in [1.54, 1.807) is 24.5 Å². The van der Waals surface area contributed by atoms with Crippen molar-refractivity contribution in [2.45, 2.75) is 18.4 Å². The second-order valence-electron chi connectivity index (χ2n) is 3.09. The number of aliphatic imine (C=N–C) groups is 1. The molecule has 0 saturated heterocycles. The fourth-order valence-electron chi connectivity index (χ4n) is 1.40. The molecule has 0 atom stereocenters. The Morgan fingerprint density at radius 3 is 2.92 bits per heavy atom. The molecule has 1 fully saturated rings. The van der Waals surface area contributed by atoms with E-state index in [1.165, 1.54) is 0 Å². The molecular weight excluding hydrogens is 188 g/mol. The molecule has 0 spiro atoms. The van der Waals surface area contributed by atoms with E-state index in [0.29, 0.717) is 5.02 Å². The molecule has 1 aromatic heterocycles. The standard InChI is InChI=1S/C9H7ClN2O/c10-8-5-11-4-1-7(8)9(2-3-9)12-6-13/h1,4-5H,2-3H2. The highest BCUT2D eigenvalue weighted by atomic mass is 35.5. The van der Waals surface area contributed by atoms with E-state index in [-0.39, 0.29) is 5.54 Å². The van der Waals surface area contributed by atoms with Gasteiger partial charge in [-0.3, -0.25) is 4.98 Å². The lowest BCUT2D eigenvalue weighted by Crippen LogP contribution is -2.03. The van der Waals surface area contributed by atoms with E-state index in [1.807, 2.05) is 0 Å². The van der Waals surface area contributed by atoms with Crippen LogP contribution < -0.4 is 0 Å². The minimum atomic E-state index is -0.387. The van der Waals surface area contributed by atoms with Gasteiger partial charge in [0, 0.05) is 18.0 Å². The first kappa shape index (κ1) is 8.42. The van der Waals surface area contributed by atoms with Crippen molar-refractivity contribution >= 4 is 17.7 Å². The van der Waals surface area contributed by atoms with Crippen LogP contribution in [0.25, 0.3) is 0 Å². The van der Waals surface area contributed by atoms with Crippen molar-refractivity contribution in [3.05, 3.63) is 29.0 Å². The number of nitrogens with zero attached hydrogens (tertiary/aromatic N) is 2. The predicted molar refractivity (Wildman–Crippen MR) is 48.3 cm³/mol. The van der Waals surface area contributed by atoms with Gasteiger partial charge in [-0.1, -0.05) is 11.6 Å². The van der Waals surface area contributed by atoms with Crippen LogP contribution in [0.1, 0.15) is 18.4 Å². The third kappa shape index (κ3) is 1.37. The average Bonchev–Trinajstić information content (AvgIpc) is 2.87. The van der Waals surface area contributed by atoms with Crippen LogP contribution >= 0.6 is 11.6 Å². The summed E-state index contributed by atoms with van der Waals surface area (Å²) >= 11 is 5.93. The molecule has 0 aliphatic heterocycles. The molecule has 66 valence electrons. The third-order valence-electron chi connectivity index (χ3n) is 2.26. The Bertz CT molecular complexity index is 381. The summed E-state index contributed by atoms with van der Waals surface area (Å²) in [5.74, 6) is 0. The Morgan fingerprint density at radius 1 is 1.62 bits per heavy atom. The first-order valence-electron chi connectivity index (χ1n) is 3.97. The van der Waals surface area contributed by atoms with E-state index < -0.39 is 0 Å². The van der Waals surface area contributed by atoms with Crippen LogP contribution in [0, 0.1) is 0 Å². The van der Waals surface area contributed by atoms with Crippen molar-refractivity contribution < 1.29 is 4.79 Å². The lowest BCUT2D eigenvalue weighted by molar-refractivity contribution is 0.556. The van der Waals surface area contributed by atoms with Gasteiger partial charge in [0.15, 0.2) is 0 Å². The summed E-state index contributed by atoms with van der Waals surface area (Å²) in [5.41, 5.74) is 0.495. The number of hydrogen-bond acceptors (Lipinski definition) is 3. The maximum absolute atomic E-state index is 10.2. The van der Waals surface area contributed by atoms with Gasteiger partial charge in [-0.05, 0) is 18.9 Å². The van der Waals surface area contributed by atoms with Crippen LogP contribution in [0.15, 0.2) is 23.5 Å². The zero-order valence-electron chi connectivity index (χ0n) is 6.83. The van der Waals surface area contributed by atoms with Crippen LogP contribution in [-0.2, 0) is 10.3 Å². The van der Waals surface area contributed by atoms with Crippen molar-refractivity contribution in [2.24, 2.45) is 4.99 Å². The third-order valence-corrected chi connectivity index (χ3v) is 2.56. The van der Waals surface area contributed by atoms with Crippen molar-refractivity contribution in [2.75, 3.05) is 0 Å². The van der Waals surface area contributed by atoms with E-state index in [0.717, 1.165) is 18.4 Å². The molecule has 3 nitrogen and oxygen atoms in total. The molecule has 2 rings (SSSR count). The molecule has 4 heteroatoms. The summed E-state index contributed by atoms with van der Waals surface area (Å²) < 4.78 is 0. The summed E-state index contributed by atoms with van der Waals surface area (Å²) in [7, 11) is 0. The minimum Gasteiger partial charge on any atom is -0.263 e. The number of halogens is 1. The molecule has 0 aromatic carbocycles. The van der Waals surface area contributed by atoms with Crippen LogP contribution in [0.4, 0.5) is 0 Å². The van der Waals surface area contributed by atoms with Gasteiger partial charge in [-0.15, -0.1) is 0 Å². The fraction of sp³-hybridized carbons (Fsp3) is 0.333. The van der Waals surface area contributed by atoms with E-state index in [9.17, 15) is 4.79 Å². The summed E-state index contributed by atoms with van der Waals surface area (Å²) in [6, 6.07) is 1.80. The molecule has 0 bridgehead atoms. The summed E-state index contributed by atoms with van der Waals surface area (Å²) in [6.07, 6.45) is 6.55. The quantitative estimate of drug-likeness (QED) is 0.534. The summed E-state index contributed by atoms with van der Waals surface area (Å²) in [4.78, 5) is 17.8. The van der Waals surface area contributed by atoms with Crippen molar-refractivity contribution in [3.8, 4) is 0 Å². The van der Waals surface area contributed by atoms with E-state index >= 15 is 0 Å². The Hall–Kier alpha value is -1.18. The second kappa shape index (κ2) is 2.95. The SMILES string of the molecule is O=C=NC1(c2ccncc2Cl)CC1. The normalized spacial score (nSPS) is 17.6. The molecule has 0 N–H and O–H groups in total. The second-order valence-corrected chi connectivity index (χ2v) is 3.50. The summed E-state index contributed by atoms with van der Waals surface area (Å²) in [5, 5.41) is 0.569. The van der Waals surface area contributed by atoms with Gasteiger partial charge in [-0.2, -0.15) is 4.99 Å². The van der Waals surface area contributed by atoms with Gasteiger partial charge in [-0.25, -0.2) is 4.79 Å². The smallest absolute Gasteiger partial charge is 0.235 e. The van der Waals surface area contributed by atoms with Crippen molar-refractivity contribution in [1.82, 2.24) is 4.98 Å². The van der Waals surface area contributed by atoms with Crippen molar-refractivity contribution in [3.63, 3.8) is 0 Å². The van der Waals surface area contributed by atoms with Crippen LogP contribution in [0.5, 0.6) is 0 Å². The van der Waals surface area contributed by atoms with Gasteiger partial charge in [0.25, 0.3) is 0 Å². The Labute approximate surface area is 80.5 Å². The van der Waals surface area contributed by atoms with Crippen LogP contribution in [0.2, 0.25) is 5.02 Å². The maximum atomic E-state index is 10.2. The number of rotatable bonds is 2. The summed E-state index contributed by atoms with van der Waals surface area (Å²) in [6.45, 7) is 0. The van der Waals surface area contributed by atoms with E-state index in [2.05, 4.69) is 9.98 Å². The van der Waals surface area contributed by atoms with Gasteiger partial charge < -0.3 is 0 Å². The molecule has 1 heterocycles. The van der Waals surface area contributed by atoms with Gasteiger partial charge in [0.2, 0.25) is 6.08 Å². The van der Waals surface area contributed by atoms with E-state index in [4.69, 9.17) is 11.6 Å². The number of pyridine rings is 1. The molecular formula is C9H7ClN2O. The molecule has 0 unspecified atom stereocenters. The highest BCUT2D eigenvalue weighted by Gasteiger charge is 2.46. The Balaban J connectivity index is 2.46. The first-order valence-corrected chi connectivity index (χ1v) is 4.35. The number of hydrogen-bond donors (Lipinski definition) is 0. The molecule has 13 heavy (non-hydrogen) atoms. The maximum Gasteiger partial charge on any atom is 0.235 e.